The van der Waals surface area contributed by atoms with Crippen LogP contribution < -0.4 is 5.32 Å². The Kier molecular flexibility index (Phi) is 5.06. The maximum absolute atomic E-state index is 11.8. The summed E-state index contributed by atoms with van der Waals surface area (Å²) in [6.45, 7) is 3.71. The molecule has 6 nitrogen and oxygen atoms in total. The van der Waals surface area contributed by atoms with Crippen LogP contribution in [-0.4, -0.2) is 36.7 Å². The van der Waals surface area contributed by atoms with E-state index in [1.165, 1.54) is 0 Å². The lowest BCUT2D eigenvalue weighted by molar-refractivity contribution is -0.143. The molecule has 6 heteroatoms. The number of fused-ring (bicyclic) bond motifs is 1. The van der Waals surface area contributed by atoms with E-state index in [0.717, 1.165) is 30.8 Å². The molecule has 0 spiro atoms. The largest absolute Gasteiger partial charge is 0.466 e. The van der Waals surface area contributed by atoms with Crippen LogP contribution in [0.4, 0.5) is 0 Å². The average molecular weight is 278 g/mol. The summed E-state index contributed by atoms with van der Waals surface area (Å²) >= 11 is 0. The molecule has 0 saturated carbocycles. The van der Waals surface area contributed by atoms with Crippen LogP contribution in [0.2, 0.25) is 0 Å². The van der Waals surface area contributed by atoms with Gasteiger partial charge in [-0.25, -0.2) is 9.78 Å². The van der Waals surface area contributed by atoms with E-state index in [1.807, 2.05) is 6.07 Å². The van der Waals surface area contributed by atoms with Crippen LogP contribution in [0.25, 0.3) is 0 Å². The number of nitrogens with zero attached hydrogens (tertiary/aromatic N) is 1. The summed E-state index contributed by atoms with van der Waals surface area (Å²) in [5, 5.41) is 3.24. The summed E-state index contributed by atoms with van der Waals surface area (Å²) in [5.74, 6) is -0.875. The molecule has 0 unspecified atom stereocenters. The van der Waals surface area contributed by atoms with Gasteiger partial charge in [0.05, 0.1) is 13.0 Å². The third kappa shape index (κ3) is 3.77. The quantitative estimate of drug-likeness (QED) is 0.804. The number of esters is 2. The third-order valence-electron chi connectivity index (χ3n) is 2.98. The first kappa shape index (κ1) is 14.5. The van der Waals surface area contributed by atoms with Crippen LogP contribution in [0.15, 0.2) is 12.1 Å². The molecule has 0 amide bonds. The summed E-state index contributed by atoms with van der Waals surface area (Å²) in [6.07, 6.45) is 0.869. The minimum atomic E-state index is -0.504. The van der Waals surface area contributed by atoms with Gasteiger partial charge in [0.1, 0.15) is 12.3 Å². The van der Waals surface area contributed by atoms with E-state index >= 15 is 0 Å². The summed E-state index contributed by atoms with van der Waals surface area (Å²) in [5.41, 5.74) is 2.33. The number of ether oxygens (including phenoxy) is 2. The van der Waals surface area contributed by atoms with Crippen molar-refractivity contribution in [3.05, 3.63) is 29.1 Å². The molecule has 1 aliphatic heterocycles. The fraction of sp³-hybridized carbons (Fsp3) is 0.500. The zero-order valence-corrected chi connectivity index (χ0v) is 11.5. The van der Waals surface area contributed by atoms with Crippen LogP contribution in [0.5, 0.6) is 0 Å². The van der Waals surface area contributed by atoms with Gasteiger partial charge in [0, 0.05) is 25.2 Å². The molecular weight excluding hydrogens is 260 g/mol. The molecule has 20 heavy (non-hydrogen) atoms. The molecule has 0 aliphatic carbocycles. The van der Waals surface area contributed by atoms with Gasteiger partial charge in [-0.1, -0.05) is 6.07 Å². The predicted octanol–water partition coefficient (Wildman–Crippen LogP) is 0.837. The average Bonchev–Trinajstić information content (AvgIpc) is 2.47. The highest BCUT2D eigenvalue weighted by molar-refractivity contribution is 5.87. The summed E-state index contributed by atoms with van der Waals surface area (Å²) in [4.78, 5) is 27.3. The molecule has 1 N–H and O–H groups in total. The molecule has 0 atom stereocenters. The predicted molar refractivity (Wildman–Crippen MR) is 71.2 cm³/mol. The molecule has 0 bridgehead atoms. The smallest absolute Gasteiger partial charge is 0.356 e. The van der Waals surface area contributed by atoms with Crippen LogP contribution in [0.1, 0.15) is 35.1 Å². The second-order valence-electron chi connectivity index (χ2n) is 4.42. The normalized spacial score (nSPS) is 13.4. The van der Waals surface area contributed by atoms with Crippen molar-refractivity contribution < 1.29 is 19.1 Å². The zero-order chi connectivity index (χ0) is 14.4. The Labute approximate surface area is 117 Å². The Morgan fingerprint density at radius 2 is 2.20 bits per heavy atom. The first-order chi connectivity index (χ1) is 9.70. The van der Waals surface area contributed by atoms with Gasteiger partial charge >= 0.3 is 11.9 Å². The number of pyridine rings is 1. The van der Waals surface area contributed by atoms with E-state index < -0.39 is 5.97 Å². The minimum Gasteiger partial charge on any atom is -0.466 e. The van der Waals surface area contributed by atoms with Gasteiger partial charge in [-0.15, -0.1) is 0 Å². The van der Waals surface area contributed by atoms with Gasteiger partial charge in [0.2, 0.25) is 0 Å². The van der Waals surface area contributed by atoms with Crippen LogP contribution in [0, 0.1) is 0 Å². The lowest BCUT2D eigenvalue weighted by Gasteiger charge is -2.16. The fourth-order valence-corrected chi connectivity index (χ4v) is 1.99. The molecule has 1 aromatic heterocycles. The first-order valence-corrected chi connectivity index (χ1v) is 6.73. The second-order valence-corrected chi connectivity index (χ2v) is 4.42. The van der Waals surface area contributed by atoms with Gasteiger partial charge in [-0.3, -0.25) is 4.79 Å². The van der Waals surface area contributed by atoms with E-state index in [-0.39, 0.29) is 24.7 Å². The third-order valence-corrected chi connectivity index (χ3v) is 2.98. The lowest BCUT2D eigenvalue weighted by atomic mass is 10.1. The van der Waals surface area contributed by atoms with Gasteiger partial charge in [-0.2, -0.15) is 0 Å². The van der Waals surface area contributed by atoms with Crippen molar-refractivity contribution in [1.82, 2.24) is 10.3 Å². The Morgan fingerprint density at radius 3 is 3.00 bits per heavy atom. The highest BCUT2D eigenvalue weighted by Crippen LogP contribution is 2.12. The number of carbonyl (C=O) groups is 2. The number of rotatable bonds is 5. The van der Waals surface area contributed by atoms with Gasteiger partial charge in [0.25, 0.3) is 0 Å². The van der Waals surface area contributed by atoms with Gasteiger partial charge < -0.3 is 14.8 Å². The molecular formula is C14H18N2O4. The van der Waals surface area contributed by atoms with E-state index in [1.54, 1.807) is 13.0 Å². The maximum Gasteiger partial charge on any atom is 0.356 e. The monoisotopic (exact) mass is 278 g/mol. The lowest BCUT2D eigenvalue weighted by Crippen LogP contribution is -2.25. The Hall–Kier alpha value is -1.95. The molecule has 0 aromatic carbocycles. The van der Waals surface area contributed by atoms with Gasteiger partial charge in [0.15, 0.2) is 0 Å². The zero-order valence-electron chi connectivity index (χ0n) is 11.5. The Morgan fingerprint density at radius 1 is 1.35 bits per heavy atom. The van der Waals surface area contributed by atoms with Crippen molar-refractivity contribution >= 4 is 11.9 Å². The van der Waals surface area contributed by atoms with Crippen molar-refractivity contribution in [3.8, 4) is 0 Å². The van der Waals surface area contributed by atoms with E-state index in [9.17, 15) is 9.59 Å². The molecule has 0 fully saturated rings. The van der Waals surface area contributed by atoms with E-state index in [2.05, 4.69) is 10.3 Å². The van der Waals surface area contributed by atoms with Crippen molar-refractivity contribution in [2.45, 2.75) is 26.3 Å². The molecule has 2 heterocycles. The maximum atomic E-state index is 11.8. The number of hydrogen-bond acceptors (Lipinski definition) is 6. The fourth-order valence-electron chi connectivity index (χ4n) is 1.99. The van der Waals surface area contributed by atoms with Crippen molar-refractivity contribution in [2.24, 2.45) is 0 Å². The molecule has 2 rings (SSSR count). The molecule has 1 aliphatic rings. The molecule has 108 valence electrons. The highest BCUT2D eigenvalue weighted by Gasteiger charge is 2.15. The SMILES string of the molecule is CCOC(=O)CCOC(=O)c1ccc2c(n1)CCNC2. The topological polar surface area (TPSA) is 77.5 Å². The molecule has 1 aromatic rings. The molecule has 0 saturated heterocycles. The number of carbonyl (C=O) groups excluding carboxylic acids is 2. The summed E-state index contributed by atoms with van der Waals surface area (Å²) in [6, 6.07) is 3.54. The highest BCUT2D eigenvalue weighted by atomic mass is 16.5. The number of hydrogen-bond donors (Lipinski definition) is 1. The van der Waals surface area contributed by atoms with Crippen LogP contribution in [-0.2, 0) is 27.2 Å². The summed E-state index contributed by atoms with van der Waals surface area (Å²) < 4.78 is 9.77. The number of nitrogens with one attached hydrogen (secondary N) is 1. The number of aromatic nitrogens is 1. The Balaban J connectivity index is 1.88. The standard InChI is InChI=1S/C14H18N2O4/c1-2-19-13(17)6-8-20-14(18)12-4-3-10-9-15-7-5-11(10)16-12/h3-4,15H,2,5-9H2,1H3. The van der Waals surface area contributed by atoms with Gasteiger partial charge in [-0.05, 0) is 18.6 Å². The summed E-state index contributed by atoms with van der Waals surface area (Å²) in [7, 11) is 0. The van der Waals surface area contributed by atoms with E-state index in [4.69, 9.17) is 9.47 Å². The van der Waals surface area contributed by atoms with Crippen LogP contribution >= 0.6 is 0 Å². The van der Waals surface area contributed by atoms with E-state index in [0.29, 0.717) is 6.61 Å². The second kappa shape index (κ2) is 7.00. The van der Waals surface area contributed by atoms with Crippen molar-refractivity contribution in [2.75, 3.05) is 19.8 Å². The van der Waals surface area contributed by atoms with Crippen LogP contribution in [0.3, 0.4) is 0 Å². The van der Waals surface area contributed by atoms with Crippen molar-refractivity contribution in [1.29, 1.82) is 0 Å². The Bertz CT molecular complexity index is 502. The molecule has 0 radical (unpaired) electrons. The van der Waals surface area contributed by atoms with Crippen molar-refractivity contribution in [3.63, 3.8) is 0 Å². The first-order valence-electron chi connectivity index (χ1n) is 6.73. The minimum absolute atomic E-state index is 0.0119.